The molecule has 0 saturated heterocycles. The molecule has 4 amide bonds. The van der Waals surface area contributed by atoms with Crippen LogP contribution in [-0.4, -0.2) is 49.9 Å². The van der Waals surface area contributed by atoms with Gasteiger partial charge in [-0.1, -0.05) is 0 Å². The van der Waals surface area contributed by atoms with E-state index in [9.17, 15) is 19.2 Å². The van der Waals surface area contributed by atoms with Crippen molar-refractivity contribution < 1.29 is 19.2 Å². The molecule has 2 aromatic carbocycles. The second-order valence-electron chi connectivity index (χ2n) is 5.84. The van der Waals surface area contributed by atoms with Gasteiger partial charge in [0, 0.05) is 0 Å². The Labute approximate surface area is 171 Å². The van der Waals surface area contributed by atoms with E-state index >= 15 is 0 Å². The zero-order chi connectivity index (χ0) is 19.7. The SMILES string of the molecule is O=C1C=CC(=O)N1c1ccc([Se][Se]c2ccc(N3C(=O)C=CC3=O)cc2)cc1. The number of hydrogen-bond acceptors (Lipinski definition) is 4. The third kappa shape index (κ3) is 3.63. The summed E-state index contributed by atoms with van der Waals surface area (Å²) >= 11 is 0.455. The first-order chi connectivity index (χ1) is 13.5. The summed E-state index contributed by atoms with van der Waals surface area (Å²) in [5, 5.41) is 0. The van der Waals surface area contributed by atoms with Gasteiger partial charge in [0.05, 0.1) is 0 Å². The Morgan fingerprint density at radius 3 is 1.04 bits per heavy atom. The molecule has 0 unspecified atom stereocenters. The minimum atomic E-state index is -0.322. The van der Waals surface area contributed by atoms with Crippen LogP contribution in [0.3, 0.4) is 0 Å². The quantitative estimate of drug-likeness (QED) is 0.420. The number of imide groups is 2. The van der Waals surface area contributed by atoms with Crippen LogP contribution in [0, 0.1) is 0 Å². The van der Waals surface area contributed by atoms with Crippen LogP contribution in [0.5, 0.6) is 0 Å². The normalized spacial score (nSPS) is 16.0. The van der Waals surface area contributed by atoms with E-state index in [2.05, 4.69) is 0 Å². The Balaban J connectivity index is 1.38. The van der Waals surface area contributed by atoms with Crippen LogP contribution in [0.1, 0.15) is 0 Å². The van der Waals surface area contributed by atoms with Gasteiger partial charge in [-0.05, 0) is 0 Å². The molecule has 0 spiro atoms. The monoisotopic (exact) mass is 504 g/mol. The number of nitrogens with zero attached hydrogens (tertiary/aromatic N) is 2. The molecule has 0 fully saturated rings. The average molecular weight is 502 g/mol. The van der Waals surface area contributed by atoms with E-state index in [1.807, 2.05) is 24.3 Å². The maximum absolute atomic E-state index is 11.7. The number of amides is 4. The van der Waals surface area contributed by atoms with Crippen molar-refractivity contribution in [3.05, 3.63) is 72.8 Å². The molecule has 28 heavy (non-hydrogen) atoms. The van der Waals surface area contributed by atoms with Gasteiger partial charge >= 0.3 is 172 Å². The molecule has 0 N–H and O–H groups in total. The summed E-state index contributed by atoms with van der Waals surface area (Å²) in [6.07, 6.45) is 5.08. The Kier molecular flexibility index (Phi) is 5.11. The van der Waals surface area contributed by atoms with Gasteiger partial charge in [-0.25, -0.2) is 0 Å². The zero-order valence-corrected chi connectivity index (χ0v) is 17.7. The van der Waals surface area contributed by atoms with Crippen molar-refractivity contribution in [2.45, 2.75) is 0 Å². The van der Waals surface area contributed by atoms with Crippen LogP contribution < -0.4 is 18.7 Å². The van der Waals surface area contributed by atoms with Crippen molar-refractivity contribution in [3.8, 4) is 0 Å². The molecule has 0 atom stereocenters. The molecule has 2 heterocycles. The summed E-state index contributed by atoms with van der Waals surface area (Å²) in [6, 6.07) is 14.9. The van der Waals surface area contributed by atoms with Crippen LogP contribution in [0.4, 0.5) is 11.4 Å². The summed E-state index contributed by atoms with van der Waals surface area (Å²) < 4.78 is 2.34. The van der Waals surface area contributed by atoms with Crippen molar-refractivity contribution in [3.63, 3.8) is 0 Å². The molecule has 8 heteroatoms. The van der Waals surface area contributed by atoms with Crippen molar-refractivity contribution in [2.24, 2.45) is 0 Å². The van der Waals surface area contributed by atoms with Gasteiger partial charge in [-0.15, -0.1) is 0 Å². The number of anilines is 2. The number of rotatable bonds is 5. The van der Waals surface area contributed by atoms with Crippen molar-refractivity contribution in [2.75, 3.05) is 9.80 Å². The summed E-state index contributed by atoms with van der Waals surface area (Å²) in [5.41, 5.74) is 1.15. The van der Waals surface area contributed by atoms with E-state index in [1.165, 1.54) is 33.2 Å². The topological polar surface area (TPSA) is 74.8 Å². The summed E-state index contributed by atoms with van der Waals surface area (Å²) in [6.45, 7) is 0. The summed E-state index contributed by atoms with van der Waals surface area (Å²) in [4.78, 5) is 49.2. The van der Waals surface area contributed by atoms with E-state index in [0.29, 0.717) is 11.4 Å². The summed E-state index contributed by atoms with van der Waals surface area (Å²) in [7, 11) is 0. The first-order valence-electron chi connectivity index (χ1n) is 8.20. The van der Waals surface area contributed by atoms with Gasteiger partial charge < -0.3 is 0 Å². The van der Waals surface area contributed by atoms with Gasteiger partial charge in [0.2, 0.25) is 0 Å². The molecule has 2 aliphatic rings. The van der Waals surface area contributed by atoms with Crippen molar-refractivity contribution in [1.82, 2.24) is 0 Å². The van der Waals surface area contributed by atoms with Gasteiger partial charge in [0.1, 0.15) is 0 Å². The average Bonchev–Trinajstić information content (AvgIpc) is 3.22. The fraction of sp³-hybridized carbons (Fsp3) is 0. The molecule has 0 saturated carbocycles. The van der Waals surface area contributed by atoms with Crippen LogP contribution in [0.25, 0.3) is 0 Å². The molecular formula is C20H12N2O4Se2. The zero-order valence-electron chi connectivity index (χ0n) is 14.3. The molecule has 0 radical (unpaired) electrons. The van der Waals surface area contributed by atoms with Crippen LogP contribution in [-0.2, 0) is 19.2 Å². The predicted octanol–water partition coefficient (Wildman–Crippen LogP) is -0.180. The van der Waals surface area contributed by atoms with Crippen molar-refractivity contribution in [1.29, 1.82) is 0 Å². The Hall–Kier alpha value is -2.76. The number of carbonyl (C=O) groups is 4. The molecule has 4 rings (SSSR count). The van der Waals surface area contributed by atoms with E-state index in [0.717, 1.165) is 9.80 Å². The van der Waals surface area contributed by atoms with E-state index in [-0.39, 0.29) is 49.9 Å². The predicted molar refractivity (Wildman–Crippen MR) is 107 cm³/mol. The van der Waals surface area contributed by atoms with Crippen LogP contribution >= 0.6 is 0 Å². The third-order valence-corrected chi connectivity index (χ3v) is 11.3. The van der Waals surface area contributed by atoms with Gasteiger partial charge in [-0.3, -0.25) is 0 Å². The molecule has 0 bridgehead atoms. The molecule has 0 aliphatic carbocycles. The maximum atomic E-state index is 11.7. The molecular weight excluding hydrogens is 490 g/mol. The second kappa shape index (κ2) is 7.70. The fourth-order valence-electron chi connectivity index (χ4n) is 2.71. The Morgan fingerprint density at radius 2 is 0.750 bits per heavy atom. The summed E-state index contributed by atoms with van der Waals surface area (Å²) in [5.74, 6) is -1.29. The van der Waals surface area contributed by atoms with Crippen molar-refractivity contribution >= 4 is 70.2 Å². The number of hydrogen-bond donors (Lipinski definition) is 0. The first-order valence-corrected chi connectivity index (χ1v) is 14.2. The van der Waals surface area contributed by atoms with Gasteiger partial charge in [-0.2, -0.15) is 0 Å². The molecule has 0 aromatic heterocycles. The standard InChI is InChI=1S/C20H12N2O4Se2/c23-17-9-10-18(24)21(17)13-1-5-15(6-2-13)27-28-16-7-3-14(4-8-16)22-19(25)11-12-20(22)26/h1-12H. The second-order valence-corrected chi connectivity index (χ2v) is 12.2. The number of benzene rings is 2. The van der Waals surface area contributed by atoms with Crippen LogP contribution in [0.15, 0.2) is 72.8 Å². The van der Waals surface area contributed by atoms with Gasteiger partial charge in [0.15, 0.2) is 0 Å². The molecule has 138 valence electrons. The minimum absolute atomic E-state index is 0.227. The molecule has 2 aliphatic heterocycles. The van der Waals surface area contributed by atoms with Crippen LogP contribution in [0.2, 0.25) is 0 Å². The first kappa shape index (κ1) is 18.6. The van der Waals surface area contributed by atoms with E-state index in [1.54, 1.807) is 24.3 Å². The van der Waals surface area contributed by atoms with Gasteiger partial charge in [0.25, 0.3) is 0 Å². The number of carbonyl (C=O) groups excluding carboxylic acids is 4. The third-order valence-electron chi connectivity index (χ3n) is 4.04. The molecule has 2 aromatic rings. The molecule has 6 nitrogen and oxygen atoms in total. The van der Waals surface area contributed by atoms with E-state index < -0.39 is 0 Å². The fourth-order valence-corrected chi connectivity index (χ4v) is 8.67. The Bertz CT molecular complexity index is 921. The Morgan fingerprint density at radius 1 is 0.464 bits per heavy atom. The van der Waals surface area contributed by atoms with E-state index in [4.69, 9.17) is 0 Å².